The van der Waals surface area contributed by atoms with Crippen LogP contribution in [-0.2, 0) is 0 Å². The fraction of sp³-hybridized carbons (Fsp3) is 0.333. The molecule has 2 N–H and O–H groups in total. The van der Waals surface area contributed by atoms with Crippen molar-refractivity contribution in [1.29, 1.82) is 0 Å². The quantitative estimate of drug-likeness (QED) is 0.767. The van der Waals surface area contributed by atoms with Crippen molar-refractivity contribution in [2.75, 3.05) is 5.32 Å². The highest BCUT2D eigenvalue weighted by molar-refractivity contribution is 6.05. The van der Waals surface area contributed by atoms with Gasteiger partial charge in [-0.1, -0.05) is 25.7 Å². The molecule has 3 rings (SSSR count). The number of hydrogen-bond donors (Lipinski definition) is 2. The molecule has 1 fully saturated rings. The predicted molar refractivity (Wildman–Crippen MR) is 99.7 cm³/mol. The van der Waals surface area contributed by atoms with Gasteiger partial charge in [0.15, 0.2) is 11.6 Å². The topological polar surface area (TPSA) is 58.2 Å². The third kappa shape index (κ3) is 5.12. The molecule has 0 atom stereocenters. The number of carbonyl (C=O) groups excluding carboxylic acids is 2. The van der Waals surface area contributed by atoms with Gasteiger partial charge >= 0.3 is 0 Å². The standard InChI is InChI=1S/C21H22F2N2O2/c22-18-12-11-17(13-19(18)23)25-21(27)15-9-7-14(8-10-15)20(26)24-16-5-3-1-2-4-6-16/h7-13,16H,1-6H2,(H,24,26)(H,25,27). The molecule has 2 amide bonds. The highest BCUT2D eigenvalue weighted by atomic mass is 19.2. The van der Waals surface area contributed by atoms with E-state index in [1.165, 1.54) is 31.0 Å². The molecule has 142 valence electrons. The lowest BCUT2D eigenvalue weighted by Crippen LogP contribution is -2.34. The zero-order valence-corrected chi connectivity index (χ0v) is 14.9. The fourth-order valence-corrected chi connectivity index (χ4v) is 3.24. The van der Waals surface area contributed by atoms with Gasteiger partial charge in [0.1, 0.15) is 0 Å². The Hall–Kier alpha value is -2.76. The molecule has 0 heterocycles. The lowest BCUT2D eigenvalue weighted by Gasteiger charge is -2.16. The fourth-order valence-electron chi connectivity index (χ4n) is 3.24. The van der Waals surface area contributed by atoms with Crippen LogP contribution in [0.1, 0.15) is 59.2 Å². The van der Waals surface area contributed by atoms with Gasteiger partial charge in [0.2, 0.25) is 0 Å². The lowest BCUT2D eigenvalue weighted by molar-refractivity contribution is 0.0932. The van der Waals surface area contributed by atoms with Gasteiger partial charge in [0.25, 0.3) is 11.8 Å². The Bertz CT molecular complexity index is 813. The normalized spacial score (nSPS) is 15.0. The molecule has 6 heteroatoms. The van der Waals surface area contributed by atoms with Gasteiger partial charge < -0.3 is 10.6 Å². The molecule has 0 spiro atoms. The van der Waals surface area contributed by atoms with E-state index < -0.39 is 17.5 Å². The molecule has 1 aliphatic carbocycles. The van der Waals surface area contributed by atoms with Crippen molar-refractivity contribution in [3.05, 3.63) is 65.2 Å². The highest BCUT2D eigenvalue weighted by Gasteiger charge is 2.16. The maximum Gasteiger partial charge on any atom is 0.255 e. The number of nitrogens with one attached hydrogen (secondary N) is 2. The van der Waals surface area contributed by atoms with Gasteiger partial charge in [-0.25, -0.2) is 8.78 Å². The summed E-state index contributed by atoms with van der Waals surface area (Å²) in [6.07, 6.45) is 6.70. The van der Waals surface area contributed by atoms with Crippen LogP contribution in [0.4, 0.5) is 14.5 Å². The second-order valence-electron chi connectivity index (χ2n) is 6.82. The van der Waals surface area contributed by atoms with Crippen LogP contribution in [0.3, 0.4) is 0 Å². The number of amides is 2. The van der Waals surface area contributed by atoms with E-state index in [4.69, 9.17) is 0 Å². The van der Waals surface area contributed by atoms with E-state index in [0.717, 1.165) is 37.8 Å². The Balaban J connectivity index is 1.60. The summed E-state index contributed by atoms with van der Waals surface area (Å²) in [5, 5.41) is 5.56. The van der Waals surface area contributed by atoms with Crippen LogP contribution in [-0.4, -0.2) is 17.9 Å². The zero-order chi connectivity index (χ0) is 19.2. The first-order valence-corrected chi connectivity index (χ1v) is 9.20. The van der Waals surface area contributed by atoms with Crippen LogP contribution < -0.4 is 10.6 Å². The van der Waals surface area contributed by atoms with Crippen molar-refractivity contribution in [3.8, 4) is 0 Å². The molecule has 0 bridgehead atoms. The molecule has 0 unspecified atom stereocenters. The van der Waals surface area contributed by atoms with Gasteiger partial charge in [-0.05, 0) is 49.2 Å². The molecule has 0 aromatic heterocycles. The Morgan fingerprint density at radius 3 is 1.96 bits per heavy atom. The van der Waals surface area contributed by atoms with Crippen molar-refractivity contribution >= 4 is 17.5 Å². The average molecular weight is 372 g/mol. The molecule has 2 aromatic rings. The summed E-state index contributed by atoms with van der Waals surface area (Å²) in [6, 6.07) is 9.61. The van der Waals surface area contributed by atoms with Crippen molar-refractivity contribution in [2.24, 2.45) is 0 Å². The predicted octanol–water partition coefficient (Wildman–Crippen LogP) is 4.67. The Labute approximate surface area is 157 Å². The number of anilines is 1. The first-order chi connectivity index (χ1) is 13.0. The van der Waals surface area contributed by atoms with E-state index >= 15 is 0 Å². The number of rotatable bonds is 4. The maximum absolute atomic E-state index is 13.2. The first kappa shape index (κ1) is 19.0. The molecule has 1 saturated carbocycles. The summed E-state index contributed by atoms with van der Waals surface area (Å²) >= 11 is 0. The van der Waals surface area contributed by atoms with E-state index in [9.17, 15) is 18.4 Å². The second kappa shape index (κ2) is 8.75. The van der Waals surface area contributed by atoms with Crippen LogP contribution in [0.2, 0.25) is 0 Å². The summed E-state index contributed by atoms with van der Waals surface area (Å²) in [6.45, 7) is 0. The van der Waals surface area contributed by atoms with Crippen molar-refractivity contribution in [1.82, 2.24) is 5.32 Å². The van der Waals surface area contributed by atoms with Crippen LogP contribution in [0.5, 0.6) is 0 Å². The largest absolute Gasteiger partial charge is 0.349 e. The van der Waals surface area contributed by atoms with Crippen molar-refractivity contribution < 1.29 is 18.4 Å². The smallest absolute Gasteiger partial charge is 0.255 e. The Morgan fingerprint density at radius 2 is 1.37 bits per heavy atom. The Morgan fingerprint density at radius 1 is 0.778 bits per heavy atom. The van der Waals surface area contributed by atoms with Crippen LogP contribution in [0.25, 0.3) is 0 Å². The number of benzene rings is 2. The average Bonchev–Trinajstić information content (AvgIpc) is 2.93. The van der Waals surface area contributed by atoms with Crippen LogP contribution in [0, 0.1) is 11.6 Å². The minimum absolute atomic E-state index is 0.144. The van der Waals surface area contributed by atoms with Gasteiger partial charge in [-0.2, -0.15) is 0 Å². The summed E-state index contributed by atoms with van der Waals surface area (Å²) in [4.78, 5) is 24.6. The summed E-state index contributed by atoms with van der Waals surface area (Å²) in [5.41, 5.74) is 0.975. The molecule has 0 radical (unpaired) electrons. The monoisotopic (exact) mass is 372 g/mol. The maximum atomic E-state index is 13.2. The SMILES string of the molecule is O=C(Nc1ccc(F)c(F)c1)c1ccc(C(=O)NC2CCCCCC2)cc1. The summed E-state index contributed by atoms with van der Waals surface area (Å²) in [5.74, 6) is -2.61. The van der Waals surface area contributed by atoms with Crippen LogP contribution >= 0.6 is 0 Å². The summed E-state index contributed by atoms with van der Waals surface area (Å²) in [7, 11) is 0. The second-order valence-corrected chi connectivity index (χ2v) is 6.82. The van der Waals surface area contributed by atoms with E-state index in [0.29, 0.717) is 11.1 Å². The zero-order valence-electron chi connectivity index (χ0n) is 14.9. The molecule has 0 saturated heterocycles. The Kier molecular flexibility index (Phi) is 6.16. The van der Waals surface area contributed by atoms with Gasteiger partial charge in [0.05, 0.1) is 0 Å². The highest BCUT2D eigenvalue weighted by Crippen LogP contribution is 2.18. The molecule has 4 nitrogen and oxygen atoms in total. The van der Waals surface area contributed by atoms with Crippen molar-refractivity contribution in [3.63, 3.8) is 0 Å². The third-order valence-corrected chi connectivity index (χ3v) is 4.78. The van der Waals surface area contributed by atoms with Gasteiger partial charge in [-0.15, -0.1) is 0 Å². The molecule has 27 heavy (non-hydrogen) atoms. The number of carbonyl (C=O) groups is 2. The molecular weight excluding hydrogens is 350 g/mol. The van der Waals surface area contributed by atoms with E-state index in [2.05, 4.69) is 10.6 Å². The van der Waals surface area contributed by atoms with Gasteiger partial charge in [-0.3, -0.25) is 9.59 Å². The van der Waals surface area contributed by atoms with E-state index in [1.54, 1.807) is 12.1 Å². The molecular formula is C21H22F2N2O2. The lowest BCUT2D eigenvalue weighted by atomic mass is 10.1. The minimum atomic E-state index is -1.03. The number of halogens is 2. The van der Waals surface area contributed by atoms with Crippen molar-refractivity contribution in [2.45, 2.75) is 44.6 Å². The van der Waals surface area contributed by atoms with Gasteiger partial charge in [0, 0.05) is 28.9 Å². The molecule has 2 aromatic carbocycles. The molecule has 1 aliphatic rings. The van der Waals surface area contributed by atoms with Crippen LogP contribution in [0.15, 0.2) is 42.5 Å². The minimum Gasteiger partial charge on any atom is -0.349 e. The van der Waals surface area contributed by atoms with E-state index in [1.807, 2.05) is 0 Å². The third-order valence-electron chi connectivity index (χ3n) is 4.78. The van der Waals surface area contributed by atoms with E-state index in [-0.39, 0.29) is 17.6 Å². The molecule has 0 aliphatic heterocycles. The first-order valence-electron chi connectivity index (χ1n) is 9.20. The summed E-state index contributed by atoms with van der Waals surface area (Å²) < 4.78 is 26.2. The number of hydrogen-bond acceptors (Lipinski definition) is 2.